The predicted octanol–water partition coefficient (Wildman–Crippen LogP) is 8.30. The molecule has 0 amide bonds. The van der Waals surface area contributed by atoms with Gasteiger partial charge in [-0.3, -0.25) is 0 Å². The quantitative estimate of drug-likeness (QED) is 0.270. The first-order valence-electron chi connectivity index (χ1n) is 10.8. The Morgan fingerprint density at radius 3 is 1.69 bits per heavy atom. The number of rotatable bonds is 7. The molecule has 0 aliphatic carbocycles. The third-order valence-electron chi connectivity index (χ3n) is 6.01. The Kier molecular flexibility index (Phi) is 8.83. The molecule has 1 unspecified atom stereocenters. The molecule has 0 aliphatic heterocycles. The first kappa shape index (κ1) is 25.8. The van der Waals surface area contributed by atoms with Gasteiger partial charge in [-0.25, -0.2) is 0 Å². The summed E-state index contributed by atoms with van der Waals surface area (Å²) in [5.74, 6) is -0.151. The van der Waals surface area contributed by atoms with Gasteiger partial charge in [-0.15, -0.1) is 0 Å². The molecule has 1 atom stereocenters. The van der Waals surface area contributed by atoms with Crippen LogP contribution in [0.3, 0.4) is 0 Å². The molecule has 0 heterocycles. The number of anilines is 2. The van der Waals surface area contributed by atoms with Crippen molar-refractivity contribution < 1.29 is 0 Å². The fourth-order valence-electron chi connectivity index (χ4n) is 4.26. The van der Waals surface area contributed by atoms with Crippen LogP contribution in [0.2, 0.25) is 10.0 Å². The smallest absolute Gasteiger partial charge is 0.0462 e. The summed E-state index contributed by atoms with van der Waals surface area (Å²) in [6, 6.07) is 14.3. The van der Waals surface area contributed by atoms with Crippen LogP contribution in [0.5, 0.6) is 0 Å². The van der Waals surface area contributed by atoms with Gasteiger partial charge in [0.25, 0.3) is 0 Å². The van der Waals surface area contributed by atoms with Crippen molar-refractivity contribution in [3.63, 3.8) is 0 Å². The average molecular weight is 470 g/mol. The maximum atomic E-state index is 6.73. The standard InChI is InChI=1S/C27H30Cl2N2.CH4/c1-5-16-12-20(13-17(6-2)26(16)30)24(25-22(28)10-9-11-23(25)29)21-14-18(7-3)27(31)19(8-4)15-21;/h5,9-15,24H,1,6-8,30-31H2,2-4H3;1H4. The molecule has 32 heavy (non-hydrogen) atoms. The minimum Gasteiger partial charge on any atom is -0.398 e. The third-order valence-corrected chi connectivity index (χ3v) is 6.67. The maximum absolute atomic E-state index is 6.73. The molecule has 4 heteroatoms. The van der Waals surface area contributed by atoms with E-state index in [1.807, 2.05) is 18.2 Å². The Hall–Kier alpha value is -2.42. The third kappa shape index (κ3) is 4.82. The summed E-state index contributed by atoms with van der Waals surface area (Å²) in [5, 5.41) is 1.28. The van der Waals surface area contributed by atoms with E-state index in [0.29, 0.717) is 10.0 Å². The second kappa shape index (κ2) is 10.9. The lowest BCUT2D eigenvalue weighted by Gasteiger charge is -2.25. The zero-order valence-electron chi connectivity index (χ0n) is 18.4. The summed E-state index contributed by atoms with van der Waals surface area (Å²) >= 11 is 13.5. The Labute approximate surface area is 203 Å². The Morgan fingerprint density at radius 2 is 1.25 bits per heavy atom. The maximum Gasteiger partial charge on any atom is 0.0462 e. The van der Waals surface area contributed by atoms with Gasteiger partial charge in [0.05, 0.1) is 0 Å². The van der Waals surface area contributed by atoms with Crippen LogP contribution in [-0.4, -0.2) is 0 Å². The summed E-state index contributed by atoms with van der Waals surface area (Å²) in [4.78, 5) is 0. The number of nitrogens with two attached hydrogens (primary N) is 2. The van der Waals surface area contributed by atoms with E-state index >= 15 is 0 Å². The number of aryl methyl sites for hydroxylation is 3. The van der Waals surface area contributed by atoms with Crippen molar-refractivity contribution in [2.75, 3.05) is 11.5 Å². The molecule has 0 bridgehead atoms. The lowest BCUT2D eigenvalue weighted by Crippen LogP contribution is -2.10. The van der Waals surface area contributed by atoms with E-state index in [1.165, 1.54) is 0 Å². The monoisotopic (exact) mass is 468 g/mol. The molecule has 0 radical (unpaired) electrons. The highest BCUT2D eigenvalue weighted by Gasteiger charge is 2.25. The zero-order valence-corrected chi connectivity index (χ0v) is 19.9. The van der Waals surface area contributed by atoms with Crippen LogP contribution in [0.15, 0.2) is 49.0 Å². The summed E-state index contributed by atoms with van der Waals surface area (Å²) < 4.78 is 0. The van der Waals surface area contributed by atoms with Gasteiger partial charge in [0.15, 0.2) is 0 Å². The van der Waals surface area contributed by atoms with Crippen molar-refractivity contribution in [3.05, 3.63) is 98.0 Å². The highest BCUT2D eigenvalue weighted by molar-refractivity contribution is 6.36. The molecule has 2 nitrogen and oxygen atoms in total. The molecule has 0 saturated heterocycles. The lowest BCUT2D eigenvalue weighted by atomic mass is 9.81. The average Bonchev–Trinajstić information content (AvgIpc) is 2.77. The van der Waals surface area contributed by atoms with Gasteiger partial charge in [0.2, 0.25) is 0 Å². The highest BCUT2D eigenvalue weighted by atomic mass is 35.5. The molecular weight excluding hydrogens is 435 g/mol. The second-order valence-corrected chi connectivity index (χ2v) is 8.58. The highest BCUT2D eigenvalue weighted by Crippen LogP contribution is 2.43. The minimum atomic E-state index is -0.151. The molecule has 0 fully saturated rings. The molecular formula is C28H34Cl2N2. The first-order valence-corrected chi connectivity index (χ1v) is 11.5. The van der Waals surface area contributed by atoms with Crippen molar-refractivity contribution in [1.82, 2.24) is 0 Å². The molecule has 3 aromatic carbocycles. The van der Waals surface area contributed by atoms with Gasteiger partial charge >= 0.3 is 0 Å². The van der Waals surface area contributed by atoms with Gasteiger partial charge in [-0.2, -0.15) is 0 Å². The normalized spacial score (nSPS) is 11.7. The lowest BCUT2D eigenvalue weighted by molar-refractivity contribution is 0.951. The summed E-state index contributed by atoms with van der Waals surface area (Å²) in [7, 11) is 0. The number of benzene rings is 3. The van der Waals surface area contributed by atoms with Gasteiger partial charge < -0.3 is 11.5 Å². The van der Waals surface area contributed by atoms with Crippen LogP contribution in [0, 0.1) is 0 Å². The van der Waals surface area contributed by atoms with E-state index in [9.17, 15) is 0 Å². The molecule has 0 spiro atoms. The predicted molar refractivity (Wildman–Crippen MR) is 144 cm³/mol. The summed E-state index contributed by atoms with van der Waals surface area (Å²) in [5.41, 5.74) is 21.8. The molecule has 3 aromatic rings. The first-order chi connectivity index (χ1) is 14.9. The Morgan fingerprint density at radius 1 is 0.812 bits per heavy atom. The topological polar surface area (TPSA) is 52.0 Å². The van der Waals surface area contributed by atoms with E-state index in [2.05, 4.69) is 51.6 Å². The molecule has 0 saturated carbocycles. The minimum absolute atomic E-state index is 0. The van der Waals surface area contributed by atoms with E-state index in [-0.39, 0.29) is 13.3 Å². The SMILES string of the molecule is C.C=Cc1cc(C(c2cc(CC)c(N)c(CC)c2)c2c(Cl)cccc2Cl)cc(CC)c1N. The van der Waals surface area contributed by atoms with Gasteiger partial charge in [0, 0.05) is 32.9 Å². The van der Waals surface area contributed by atoms with Gasteiger partial charge in [-0.1, -0.05) is 88.3 Å². The van der Waals surface area contributed by atoms with Gasteiger partial charge in [0.1, 0.15) is 0 Å². The number of hydrogen-bond donors (Lipinski definition) is 2. The van der Waals surface area contributed by atoms with E-state index in [4.69, 9.17) is 34.7 Å². The van der Waals surface area contributed by atoms with Crippen LogP contribution in [0.25, 0.3) is 6.08 Å². The largest absolute Gasteiger partial charge is 0.398 e. The van der Waals surface area contributed by atoms with Crippen molar-refractivity contribution in [2.24, 2.45) is 0 Å². The van der Waals surface area contributed by atoms with Crippen LogP contribution in [0.4, 0.5) is 11.4 Å². The fourth-order valence-corrected chi connectivity index (χ4v) is 4.88. The van der Waals surface area contributed by atoms with Crippen LogP contribution in [0.1, 0.15) is 73.1 Å². The van der Waals surface area contributed by atoms with Crippen molar-refractivity contribution in [1.29, 1.82) is 0 Å². The number of nitrogen functional groups attached to an aromatic ring is 2. The summed E-state index contributed by atoms with van der Waals surface area (Å²) in [6.07, 6.45) is 4.35. The second-order valence-electron chi connectivity index (χ2n) is 7.77. The van der Waals surface area contributed by atoms with Gasteiger partial charge in [-0.05, 0) is 70.8 Å². The van der Waals surface area contributed by atoms with Crippen molar-refractivity contribution >= 4 is 40.7 Å². The Bertz CT molecular complexity index is 1070. The van der Waals surface area contributed by atoms with Crippen molar-refractivity contribution in [2.45, 2.75) is 53.4 Å². The van der Waals surface area contributed by atoms with Crippen LogP contribution < -0.4 is 11.5 Å². The molecule has 0 aliphatic rings. The van der Waals surface area contributed by atoms with E-state index in [1.54, 1.807) is 6.08 Å². The van der Waals surface area contributed by atoms with E-state index in [0.717, 1.165) is 69.6 Å². The number of halogens is 2. The zero-order chi connectivity index (χ0) is 22.7. The fraction of sp³-hybridized carbons (Fsp3) is 0.286. The molecule has 3 rings (SSSR count). The Balaban J connectivity index is 0.00000363. The van der Waals surface area contributed by atoms with E-state index < -0.39 is 0 Å². The molecule has 4 N–H and O–H groups in total. The van der Waals surface area contributed by atoms with Crippen LogP contribution in [-0.2, 0) is 19.3 Å². The van der Waals surface area contributed by atoms with Crippen molar-refractivity contribution in [3.8, 4) is 0 Å². The number of hydrogen-bond acceptors (Lipinski definition) is 2. The summed E-state index contributed by atoms with van der Waals surface area (Å²) in [6.45, 7) is 10.3. The van der Waals surface area contributed by atoms with Crippen LogP contribution >= 0.6 is 23.2 Å². The molecule has 0 aromatic heterocycles. The molecule has 170 valence electrons.